The summed E-state index contributed by atoms with van der Waals surface area (Å²) in [5.74, 6) is 0.754. The smallest absolute Gasteiger partial charge is 0.127 e. The highest BCUT2D eigenvalue weighted by Gasteiger charge is 1.88. The Balaban J connectivity index is 2.94. The lowest BCUT2D eigenvalue weighted by Crippen LogP contribution is -1.80. The van der Waals surface area contributed by atoms with Gasteiger partial charge < -0.3 is 4.74 Å². The molecule has 47 valence electrons. The van der Waals surface area contributed by atoms with Gasteiger partial charge in [-0.15, -0.1) is 0 Å². The lowest BCUT2D eigenvalue weighted by molar-refractivity contribution is 0.413. The summed E-state index contributed by atoms with van der Waals surface area (Å²) in [6.07, 6.45) is 0. The Hall–Kier alpha value is -0.500. The van der Waals surface area contributed by atoms with Crippen LogP contribution in [0.2, 0.25) is 0 Å². The molecule has 0 atom stereocenters. The predicted octanol–water partition coefficient (Wildman–Crippen LogP) is 2.26. The van der Waals surface area contributed by atoms with Gasteiger partial charge in [-0.1, -0.05) is 15.9 Å². The molecule has 2 heteroatoms. The molecule has 0 bridgehead atoms. The van der Waals surface area contributed by atoms with Gasteiger partial charge in [0.05, 0.1) is 7.11 Å². The maximum Gasteiger partial charge on any atom is 0.127 e. The fraction of sp³-hybridized carbons (Fsp3) is 0.143. The van der Waals surface area contributed by atoms with Crippen molar-refractivity contribution in [3.05, 3.63) is 28.7 Å². The summed E-state index contributed by atoms with van der Waals surface area (Å²) in [5, 5.41) is 0. The summed E-state index contributed by atoms with van der Waals surface area (Å²) in [6, 6.07) is 8.48. The summed E-state index contributed by atoms with van der Waals surface area (Å²) in [4.78, 5) is 0. The molecule has 0 aliphatic rings. The molecular weight excluding hydrogens is 180 g/mol. The molecule has 9 heavy (non-hydrogen) atoms. The van der Waals surface area contributed by atoms with E-state index in [0.717, 1.165) is 10.2 Å². The molecule has 1 nitrogen and oxygen atoms in total. The molecule has 1 aromatic rings. The van der Waals surface area contributed by atoms with Gasteiger partial charge in [-0.05, 0) is 18.2 Å². The molecule has 0 aliphatic heterocycles. The van der Waals surface area contributed by atoms with Crippen molar-refractivity contribution in [1.82, 2.24) is 0 Å². The summed E-state index contributed by atoms with van der Waals surface area (Å²) >= 11 is 3.30. The van der Waals surface area contributed by atoms with Crippen LogP contribution in [-0.4, -0.2) is 7.11 Å². The Labute approximate surface area is 62.8 Å². The largest absolute Gasteiger partial charge is 0.496 e. The molecule has 0 heterocycles. The van der Waals surface area contributed by atoms with Crippen LogP contribution in [0.3, 0.4) is 0 Å². The minimum Gasteiger partial charge on any atom is -0.496 e. The zero-order valence-corrected chi connectivity index (χ0v) is 6.60. The number of hydrogen-bond donors (Lipinski definition) is 0. The molecule has 0 amide bonds. The highest BCUT2D eigenvalue weighted by molar-refractivity contribution is 9.10. The van der Waals surface area contributed by atoms with E-state index in [9.17, 15) is 0 Å². The molecule has 1 aromatic carbocycles. The predicted molar refractivity (Wildman–Crippen MR) is 39.5 cm³/mol. The van der Waals surface area contributed by atoms with Gasteiger partial charge in [0.25, 0.3) is 0 Å². The second-order valence-corrected chi connectivity index (χ2v) is 2.49. The molecule has 0 aliphatic carbocycles. The van der Waals surface area contributed by atoms with Gasteiger partial charge in [-0.2, -0.15) is 0 Å². The number of benzene rings is 1. The lowest BCUT2D eigenvalue weighted by atomic mass is 10.3. The number of halogens is 1. The van der Waals surface area contributed by atoms with Crippen LogP contribution in [0.4, 0.5) is 0 Å². The standard InChI is InChI=1S/C7H6BrO/c1-9-7-4-2-3-6(8)5-7/h2-3,5H,1H3. The van der Waals surface area contributed by atoms with E-state index >= 15 is 0 Å². The van der Waals surface area contributed by atoms with E-state index in [-0.39, 0.29) is 0 Å². The maximum atomic E-state index is 4.91. The molecule has 0 fully saturated rings. The fourth-order valence-electron chi connectivity index (χ4n) is 0.536. The van der Waals surface area contributed by atoms with Gasteiger partial charge >= 0.3 is 0 Å². The van der Waals surface area contributed by atoms with Crippen molar-refractivity contribution in [1.29, 1.82) is 0 Å². The van der Waals surface area contributed by atoms with E-state index in [1.807, 2.05) is 18.2 Å². The molecule has 0 spiro atoms. The van der Waals surface area contributed by atoms with Crippen molar-refractivity contribution >= 4 is 15.9 Å². The Bertz CT molecular complexity index is 198. The van der Waals surface area contributed by atoms with Crippen molar-refractivity contribution in [3.8, 4) is 5.75 Å². The van der Waals surface area contributed by atoms with Crippen LogP contribution in [-0.2, 0) is 0 Å². The molecule has 1 rings (SSSR count). The second-order valence-electron chi connectivity index (χ2n) is 1.58. The van der Waals surface area contributed by atoms with Gasteiger partial charge in [-0.25, -0.2) is 0 Å². The Kier molecular flexibility index (Phi) is 2.11. The highest BCUT2D eigenvalue weighted by atomic mass is 79.9. The second kappa shape index (κ2) is 2.87. The monoisotopic (exact) mass is 185 g/mol. The van der Waals surface area contributed by atoms with Crippen molar-refractivity contribution in [2.75, 3.05) is 7.11 Å². The van der Waals surface area contributed by atoms with Crippen LogP contribution < -0.4 is 4.74 Å². The van der Waals surface area contributed by atoms with Gasteiger partial charge in [0, 0.05) is 10.5 Å². The van der Waals surface area contributed by atoms with Crippen LogP contribution in [0.15, 0.2) is 22.7 Å². The lowest BCUT2D eigenvalue weighted by Gasteiger charge is -1.96. The van der Waals surface area contributed by atoms with Gasteiger partial charge in [0.1, 0.15) is 5.75 Å². The fourth-order valence-corrected chi connectivity index (χ4v) is 0.876. The molecule has 1 radical (unpaired) electrons. The van der Waals surface area contributed by atoms with Crippen LogP contribution >= 0.6 is 15.9 Å². The highest BCUT2D eigenvalue weighted by Crippen LogP contribution is 2.15. The van der Waals surface area contributed by atoms with Crippen molar-refractivity contribution in [2.24, 2.45) is 0 Å². The Morgan fingerprint density at radius 3 is 2.89 bits per heavy atom. The first-order chi connectivity index (χ1) is 4.33. The van der Waals surface area contributed by atoms with E-state index < -0.39 is 0 Å². The van der Waals surface area contributed by atoms with E-state index in [4.69, 9.17) is 4.74 Å². The Morgan fingerprint density at radius 2 is 2.44 bits per heavy atom. The van der Waals surface area contributed by atoms with E-state index in [1.54, 1.807) is 7.11 Å². The third-order valence-corrected chi connectivity index (χ3v) is 1.45. The first-order valence-corrected chi connectivity index (χ1v) is 3.33. The SMILES string of the molecule is COc1[c]ccc(Br)c1. The molecule has 0 unspecified atom stereocenters. The van der Waals surface area contributed by atoms with Crippen molar-refractivity contribution in [3.63, 3.8) is 0 Å². The molecule has 0 N–H and O–H groups in total. The van der Waals surface area contributed by atoms with Gasteiger partial charge in [-0.3, -0.25) is 0 Å². The van der Waals surface area contributed by atoms with Crippen LogP contribution in [0.5, 0.6) is 5.75 Å². The van der Waals surface area contributed by atoms with Crippen molar-refractivity contribution < 1.29 is 4.74 Å². The zero-order chi connectivity index (χ0) is 6.69. The number of rotatable bonds is 1. The minimum atomic E-state index is 0.754. The van der Waals surface area contributed by atoms with Crippen LogP contribution in [0.1, 0.15) is 0 Å². The third-order valence-electron chi connectivity index (χ3n) is 0.957. The first kappa shape index (κ1) is 6.62. The first-order valence-electron chi connectivity index (χ1n) is 2.54. The topological polar surface area (TPSA) is 9.23 Å². The minimum absolute atomic E-state index is 0.754. The summed E-state index contributed by atoms with van der Waals surface area (Å²) in [6.45, 7) is 0. The average Bonchev–Trinajstić information content (AvgIpc) is 1.88. The van der Waals surface area contributed by atoms with Gasteiger partial charge in [0.15, 0.2) is 0 Å². The number of ether oxygens (including phenoxy) is 1. The average molecular weight is 186 g/mol. The van der Waals surface area contributed by atoms with E-state index in [1.165, 1.54) is 0 Å². The summed E-state index contributed by atoms with van der Waals surface area (Å²) in [5.41, 5.74) is 0. The molecular formula is C7H6BrO. The van der Waals surface area contributed by atoms with Gasteiger partial charge in [0.2, 0.25) is 0 Å². The molecule has 0 aromatic heterocycles. The Morgan fingerprint density at radius 1 is 1.67 bits per heavy atom. The molecule has 0 saturated carbocycles. The van der Waals surface area contributed by atoms with E-state index in [2.05, 4.69) is 22.0 Å². The quantitative estimate of drug-likeness (QED) is 0.653. The zero-order valence-electron chi connectivity index (χ0n) is 5.02. The van der Waals surface area contributed by atoms with Crippen molar-refractivity contribution in [2.45, 2.75) is 0 Å². The normalized spacial score (nSPS) is 9.11. The van der Waals surface area contributed by atoms with Crippen LogP contribution in [0.25, 0.3) is 0 Å². The number of methoxy groups -OCH3 is 1. The molecule has 0 saturated heterocycles. The third kappa shape index (κ3) is 1.72. The van der Waals surface area contributed by atoms with E-state index in [0.29, 0.717) is 0 Å². The summed E-state index contributed by atoms with van der Waals surface area (Å²) < 4.78 is 5.92. The number of hydrogen-bond acceptors (Lipinski definition) is 1. The maximum absolute atomic E-state index is 4.91. The summed E-state index contributed by atoms with van der Waals surface area (Å²) in [7, 11) is 1.62. The van der Waals surface area contributed by atoms with Crippen LogP contribution in [0, 0.1) is 6.07 Å².